The lowest BCUT2D eigenvalue weighted by molar-refractivity contribution is -0.139. The Balaban J connectivity index is 2.86. The summed E-state index contributed by atoms with van der Waals surface area (Å²) in [5.74, 6) is -0.524. The van der Waals surface area contributed by atoms with Gasteiger partial charge in [0, 0.05) is 18.7 Å². The van der Waals surface area contributed by atoms with Gasteiger partial charge in [0.2, 0.25) is 0 Å². The standard InChI is InChI=1S/C11H18N2O2/c1-7(2)10(11(14)15)13-9-6-12-5-4-8(9)3/h6-8,10H,4-5H2,1-3H3,(H,14,15). The minimum Gasteiger partial charge on any atom is -0.480 e. The van der Waals surface area contributed by atoms with Gasteiger partial charge in [0.1, 0.15) is 6.04 Å². The minimum absolute atomic E-state index is 0.0116. The lowest BCUT2D eigenvalue weighted by atomic mass is 9.98. The van der Waals surface area contributed by atoms with Crippen molar-refractivity contribution in [2.45, 2.75) is 33.2 Å². The maximum atomic E-state index is 11.0. The van der Waals surface area contributed by atoms with E-state index >= 15 is 0 Å². The summed E-state index contributed by atoms with van der Waals surface area (Å²) < 4.78 is 0. The Kier molecular flexibility index (Phi) is 4.00. The van der Waals surface area contributed by atoms with Crippen molar-refractivity contribution in [3.05, 3.63) is 0 Å². The van der Waals surface area contributed by atoms with E-state index in [-0.39, 0.29) is 5.92 Å². The largest absolute Gasteiger partial charge is 0.480 e. The van der Waals surface area contributed by atoms with Crippen LogP contribution >= 0.6 is 0 Å². The summed E-state index contributed by atoms with van der Waals surface area (Å²) in [6.45, 7) is 6.61. The SMILES string of the molecule is CC1CCN=CC1=NC(C(=O)O)C(C)C. The number of hydrogen-bond acceptors (Lipinski definition) is 3. The Morgan fingerprint density at radius 2 is 2.33 bits per heavy atom. The van der Waals surface area contributed by atoms with Crippen molar-refractivity contribution >= 4 is 17.9 Å². The van der Waals surface area contributed by atoms with Crippen molar-refractivity contribution in [3.8, 4) is 0 Å². The van der Waals surface area contributed by atoms with E-state index in [9.17, 15) is 4.79 Å². The molecule has 84 valence electrons. The Bertz CT molecular complexity index is 295. The maximum absolute atomic E-state index is 11.0. The summed E-state index contributed by atoms with van der Waals surface area (Å²) in [6, 6.07) is -0.646. The molecule has 0 radical (unpaired) electrons. The molecule has 1 aliphatic rings. The van der Waals surface area contributed by atoms with Gasteiger partial charge >= 0.3 is 5.97 Å². The molecule has 0 amide bonds. The topological polar surface area (TPSA) is 62.0 Å². The summed E-state index contributed by atoms with van der Waals surface area (Å²) >= 11 is 0. The molecule has 1 aliphatic heterocycles. The van der Waals surface area contributed by atoms with E-state index in [1.807, 2.05) is 13.8 Å². The van der Waals surface area contributed by atoms with Crippen LogP contribution in [0.25, 0.3) is 0 Å². The van der Waals surface area contributed by atoms with Crippen LogP contribution in [0.15, 0.2) is 9.98 Å². The summed E-state index contributed by atoms with van der Waals surface area (Å²) in [6.07, 6.45) is 2.67. The average molecular weight is 210 g/mol. The van der Waals surface area contributed by atoms with Crippen LogP contribution in [0.1, 0.15) is 27.2 Å². The molecule has 4 nitrogen and oxygen atoms in total. The van der Waals surface area contributed by atoms with Crippen molar-refractivity contribution < 1.29 is 9.90 Å². The van der Waals surface area contributed by atoms with Crippen LogP contribution in [-0.2, 0) is 4.79 Å². The number of aliphatic carboxylic acids is 1. The lowest BCUT2D eigenvalue weighted by Gasteiger charge is -2.18. The number of hydrogen-bond donors (Lipinski definition) is 1. The maximum Gasteiger partial charge on any atom is 0.328 e. The van der Waals surface area contributed by atoms with Gasteiger partial charge in [-0.15, -0.1) is 0 Å². The molecule has 0 bridgehead atoms. The number of carboxylic acid groups (broad SMARTS) is 1. The first-order valence-electron chi connectivity index (χ1n) is 5.32. The van der Waals surface area contributed by atoms with E-state index in [1.54, 1.807) is 6.21 Å². The highest BCUT2D eigenvalue weighted by Crippen LogP contribution is 2.13. The number of carboxylic acids is 1. The van der Waals surface area contributed by atoms with Crippen LogP contribution in [-0.4, -0.2) is 35.6 Å². The number of nitrogens with zero attached hydrogens (tertiary/aromatic N) is 2. The van der Waals surface area contributed by atoms with E-state index in [2.05, 4.69) is 16.9 Å². The van der Waals surface area contributed by atoms with Crippen LogP contribution in [0.3, 0.4) is 0 Å². The Labute approximate surface area is 90.1 Å². The van der Waals surface area contributed by atoms with Gasteiger partial charge in [-0.2, -0.15) is 0 Å². The summed E-state index contributed by atoms with van der Waals surface area (Å²) in [5, 5.41) is 9.01. The summed E-state index contributed by atoms with van der Waals surface area (Å²) in [4.78, 5) is 19.4. The van der Waals surface area contributed by atoms with Gasteiger partial charge < -0.3 is 5.11 Å². The molecule has 4 heteroatoms. The number of rotatable bonds is 3. The van der Waals surface area contributed by atoms with Crippen LogP contribution in [0.4, 0.5) is 0 Å². The predicted octanol–water partition coefficient (Wildman–Crippen LogP) is 1.65. The first-order valence-corrected chi connectivity index (χ1v) is 5.32. The second kappa shape index (κ2) is 5.05. The smallest absolute Gasteiger partial charge is 0.328 e. The van der Waals surface area contributed by atoms with E-state index in [0.717, 1.165) is 18.7 Å². The van der Waals surface area contributed by atoms with Crippen LogP contribution in [0, 0.1) is 11.8 Å². The first kappa shape index (κ1) is 11.9. The molecule has 1 N–H and O–H groups in total. The minimum atomic E-state index is -0.858. The summed E-state index contributed by atoms with van der Waals surface area (Å²) in [5.41, 5.74) is 0.822. The molecule has 0 saturated heterocycles. The van der Waals surface area contributed by atoms with Gasteiger partial charge in [-0.05, 0) is 12.3 Å². The van der Waals surface area contributed by atoms with Gasteiger partial charge in [0.15, 0.2) is 0 Å². The third-order valence-corrected chi connectivity index (χ3v) is 2.59. The van der Waals surface area contributed by atoms with Crippen molar-refractivity contribution in [1.29, 1.82) is 0 Å². The highest BCUT2D eigenvalue weighted by Gasteiger charge is 2.22. The third kappa shape index (κ3) is 3.15. The van der Waals surface area contributed by atoms with E-state index in [4.69, 9.17) is 5.11 Å². The number of aliphatic imine (C=N–C) groups is 2. The molecule has 15 heavy (non-hydrogen) atoms. The lowest BCUT2D eigenvalue weighted by Crippen LogP contribution is -2.29. The fraction of sp³-hybridized carbons (Fsp3) is 0.727. The quantitative estimate of drug-likeness (QED) is 0.769. The normalized spacial score (nSPS) is 25.9. The fourth-order valence-electron chi connectivity index (χ4n) is 1.51. The first-order chi connectivity index (χ1) is 7.02. The molecular formula is C11H18N2O2. The van der Waals surface area contributed by atoms with Crippen LogP contribution in [0.5, 0.6) is 0 Å². The highest BCUT2D eigenvalue weighted by atomic mass is 16.4. The van der Waals surface area contributed by atoms with Gasteiger partial charge in [-0.25, -0.2) is 4.79 Å². The zero-order valence-corrected chi connectivity index (χ0v) is 9.47. The van der Waals surface area contributed by atoms with Crippen LogP contribution < -0.4 is 0 Å². The molecule has 0 aliphatic carbocycles. The van der Waals surface area contributed by atoms with Crippen molar-refractivity contribution in [2.24, 2.45) is 21.8 Å². The fourth-order valence-corrected chi connectivity index (χ4v) is 1.51. The summed E-state index contributed by atoms with van der Waals surface area (Å²) in [7, 11) is 0. The van der Waals surface area contributed by atoms with E-state index in [1.165, 1.54) is 0 Å². The van der Waals surface area contributed by atoms with Gasteiger partial charge in [0.05, 0.1) is 5.71 Å². The Morgan fingerprint density at radius 1 is 1.67 bits per heavy atom. The molecule has 1 heterocycles. The molecule has 0 saturated carbocycles. The highest BCUT2D eigenvalue weighted by molar-refractivity contribution is 6.32. The van der Waals surface area contributed by atoms with Crippen LogP contribution in [0.2, 0.25) is 0 Å². The Morgan fingerprint density at radius 3 is 2.80 bits per heavy atom. The van der Waals surface area contributed by atoms with Gasteiger partial charge in [-0.3, -0.25) is 9.98 Å². The second-order valence-corrected chi connectivity index (χ2v) is 4.31. The van der Waals surface area contributed by atoms with Gasteiger partial charge in [-0.1, -0.05) is 20.8 Å². The predicted molar refractivity (Wildman–Crippen MR) is 60.8 cm³/mol. The second-order valence-electron chi connectivity index (χ2n) is 4.31. The molecule has 0 aromatic heterocycles. The molecule has 1 rings (SSSR count). The molecule has 0 fully saturated rings. The molecule has 2 unspecified atom stereocenters. The zero-order chi connectivity index (χ0) is 11.4. The molecular weight excluding hydrogens is 192 g/mol. The van der Waals surface area contributed by atoms with Gasteiger partial charge in [0.25, 0.3) is 0 Å². The Hall–Kier alpha value is -1.19. The average Bonchev–Trinajstić information content (AvgIpc) is 2.15. The van der Waals surface area contributed by atoms with E-state index in [0.29, 0.717) is 5.92 Å². The number of carbonyl (C=O) groups is 1. The van der Waals surface area contributed by atoms with E-state index < -0.39 is 12.0 Å². The van der Waals surface area contributed by atoms with Crippen molar-refractivity contribution in [3.63, 3.8) is 0 Å². The zero-order valence-electron chi connectivity index (χ0n) is 9.47. The van der Waals surface area contributed by atoms with Crippen molar-refractivity contribution in [2.75, 3.05) is 6.54 Å². The monoisotopic (exact) mass is 210 g/mol. The molecule has 0 aromatic carbocycles. The van der Waals surface area contributed by atoms with Crippen molar-refractivity contribution in [1.82, 2.24) is 0 Å². The molecule has 0 aromatic rings. The molecule has 0 spiro atoms. The molecule has 2 atom stereocenters. The third-order valence-electron chi connectivity index (χ3n) is 2.59.